The molecular weight excluding hydrogens is 908 g/mol. The summed E-state index contributed by atoms with van der Waals surface area (Å²) in [5.41, 5.74) is 3.07. The molecule has 8 bridgehead atoms. The van der Waals surface area contributed by atoms with Gasteiger partial charge in [0.05, 0.1) is 62.0 Å². The van der Waals surface area contributed by atoms with E-state index in [0.717, 1.165) is 0 Å². The molecule has 0 atom stereocenters. The summed E-state index contributed by atoms with van der Waals surface area (Å²) >= 11 is 7.20. The third-order valence-electron chi connectivity index (χ3n) is 9.80. The molecule has 0 saturated heterocycles. The minimum Gasteiger partial charge on any atom is -0.481 e. The molecule has 9 N–H and O–H groups in total. The van der Waals surface area contributed by atoms with Crippen LogP contribution in [0.2, 0.25) is 0 Å². The molecule has 0 spiro atoms. The smallest absolute Gasteiger partial charge is 0.307 e. The first kappa shape index (κ1) is 44.0. The first-order valence-corrected chi connectivity index (χ1v) is 19.5. The molecule has 3 aromatic rings. The molecule has 0 aromatic carbocycles. The van der Waals surface area contributed by atoms with Gasteiger partial charge in [-0.25, -0.2) is 9.97 Å². The fourth-order valence-corrected chi connectivity index (χ4v) is 8.63. The van der Waals surface area contributed by atoms with Gasteiger partial charge in [0.25, 0.3) is 0 Å². The molecule has 0 saturated carbocycles. The van der Waals surface area contributed by atoms with E-state index >= 15 is 0 Å². The Morgan fingerprint density at radius 2 is 0.915 bits per heavy atom. The SMILES string of the molecule is Cc1c(CCC(=O)O)c2[nH]c1c(Br)c1nc(cc3[nH]c(cc4nc(c2Br)C(CC(=O)O)=C4CCC(=O)O)c(CC(=O)O)c3CCC(=O)O)C(CC(=O)O)=C1CCC(=O)O. The van der Waals surface area contributed by atoms with Gasteiger partial charge in [0, 0.05) is 36.7 Å². The largest absolute Gasteiger partial charge is 0.481 e. The monoisotopic (exact) mass is 942 g/mol. The highest BCUT2D eigenvalue weighted by Gasteiger charge is 2.30. The number of fused-ring (bicyclic) bond motifs is 8. The van der Waals surface area contributed by atoms with Gasteiger partial charge in [0.1, 0.15) is 0 Å². The average molecular weight is 945 g/mol. The topological polar surface area (TPSA) is 318 Å². The van der Waals surface area contributed by atoms with E-state index in [0.29, 0.717) is 16.6 Å². The van der Waals surface area contributed by atoms with Crippen LogP contribution < -0.4 is 0 Å². The maximum absolute atomic E-state index is 12.4. The maximum Gasteiger partial charge on any atom is 0.307 e. The summed E-state index contributed by atoms with van der Waals surface area (Å²) in [5.74, 6) is -8.61. The van der Waals surface area contributed by atoms with Crippen molar-refractivity contribution in [3.05, 3.63) is 66.1 Å². The average Bonchev–Trinajstić information content (AvgIpc) is 3.84. The summed E-state index contributed by atoms with van der Waals surface area (Å²) < 4.78 is 0.383. The van der Waals surface area contributed by atoms with E-state index in [-0.39, 0.29) is 114 Å². The molecule has 5 rings (SSSR count). The lowest BCUT2D eigenvalue weighted by Gasteiger charge is -2.07. The summed E-state index contributed by atoms with van der Waals surface area (Å²) in [6.07, 6.45) is -4.25. The fraction of sp³-hybridized carbons (Fsp3) is 0.308. The first-order valence-electron chi connectivity index (χ1n) is 17.9. The summed E-state index contributed by atoms with van der Waals surface area (Å²) in [7, 11) is 0. The van der Waals surface area contributed by atoms with Crippen molar-refractivity contribution in [2.75, 3.05) is 0 Å². The number of allylic oxidation sites excluding steroid dienone is 2. The third-order valence-corrected chi connectivity index (χ3v) is 11.3. The molecule has 0 fully saturated rings. The first-order chi connectivity index (χ1) is 27.8. The summed E-state index contributed by atoms with van der Waals surface area (Å²) in [6.45, 7) is 1.68. The molecule has 59 heavy (non-hydrogen) atoms. The van der Waals surface area contributed by atoms with Crippen LogP contribution in [0.25, 0.3) is 44.4 Å². The summed E-state index contributed by atoms with van der Waals surface area (Å²) in [5, 5.41) is 68.9. The Labute approximate surface area is 349 Å². The summed E-state index contributed by atoms with van der Waals surface area (Å²) in [6, 6.07) is 2.82. The van der Waals surface area contributed by atoms with Crippen molar-refractivity contribution >= 4 is 118 Å². The number of aromatic nitrogens is 4. The van der Waals surface area contributed by atoms with Crippen LogP contribution in [0.4, 0.5) is 0 Å². The van der Waals surface area contributed by atoms with E-state index in [4.69, 9.17) is 9.97 Å². The molecule has 0 radical (unpaired) electrons. The van der Waals surface area contributed by atoms with E-state index in [1.54, 1.807) is 6.92 Å². The Bertz CT molecular complexity index is 2580. The van der Waals surface area contributed by atoms with E-state index in [1.165, 1.54) is 12.1 Å². The van der Waals surface area contributed by atoms with Gasteiger partial charge >= 0.3 is 41.8 Å². The molecule has 3 aromatic heterocycles. The van der Waals surface area contributed by atoms with Gasteiger partial charge in [-0.2, -0.15) is 0 Å². The van der Waals surface area contributed by atoms with Gasteiger partial charge in [0.2, 0.25) is 0 Å². The van der Waals surface area contributed by atoms with Crippen LogP contribution in [-0.2, 0) is 52.8 Å². The molecule has 5 heterocycles. The van der Waals surface area contributed by atoms with Gasteiger partial charge < -0.3 is 45.7 Å². The molecule has 0 unspecified atom stereocenters. The molecule has 0 amide bonds. The van der Waals surface area contributed by atoms with E-state index < -0.39 is 80.3 Å². The van der Waals surface area contributed by atoms with Crippen molar-refractivity contribution in [3.8, 4) is 0 Å². The number of aryl methyl sites for hydroxylation is 3. The second-order valence-electron chi connectivity index (χ2n) is 13.7. The zero-order valence-corrected chi connectivity index (χ0v) is 34.2. The van der Waals surface area contributed by atoms with Crippen molar-refractivity contribution < 1.29 is 69.3 Å². The highest BCUT2D eigenvalue weighted by molar-refractivity contribution is 9.11. The van der Waals surface area contributed by atoms with E-state index in [2.05, 4.69) is 41.8 Å². The normalized spacial score (nSPS) is 12.5. The van der Waals surface area contributed by atoms with Gasteiger partial charge in [-0.15, -0.1) is 0 Å². The zero-order valence-electron chi connectivity index (χ0n) is 31.1. The predicted octanol–water partition coefficient (Wildman–Crippen LogP) is 6.31. The number of halogens is 2. The highest BCUT2D eigenvalue weighted by Crippen LogP contribution is 2.44. The molecule has 18 nitrogen and oxygen atoms in total. The van der Waals surface area contributed by atoms with Crippen molar-refractivity contribution in [1.29, 1.82) is 0 Å². The van der Waals surface area contributed by atoms with Crippen LogP contribution in [0.5, 0.6) is 0 Å². The van der Waals surface area contributed by atoms with Gasteiger partial charge in [-0.3, -0.25) is 33.6 Å². The number of nitrogens with zero attached hydrogens (tertiary/aromatic N) is 2. The lowest BCUT2D eigenvalue weighted by atomic mass is 9.96. The standard InChI is InChI=1S/C39H36Br2N4O14/c1-15-16(2-6-27(46)47)37-35(41)39-22(12-33(58)59)18(4-8-29(50)51)24(43-39)14-25-20(10-31(54)55)17(3-7-28(48)49)23(42-25)13-26-21(11-32(56)57)19(5-9-30(52)53)38(44-26)34(40)36(15)45-37/h13-14,42,45H,2-12H2,1H3,(H,46,47)(H,48,49)(H,50,51)(H,52,53)(H,54,55)(H,56,57)(H,58,59). The minimum absolute atomic E-state index is 0.0426. The van der Waals surface area contributed by atoms with Crippen molar-refractivity contribution in [3.63, 3.8) is 0 Å². The van der Waals surface area contributed by atoms with Gasteiger partial charge in [0.15, 0.2) is 0 Å². The van der Waals surface area contributed by atoms with E-state index in [1.807, 2.05) is 0 Å². The minimum atomic E-state index is -1.31. The Balaban J connectivity index is 2.12. The number of aliphatic carboxylic acids is 7. The predicted molar refractivity (Wildman–Crippen MR) is 216 cm³/mol. The van der Waals surface area contributed by atoms with Crippen LogP contribution in [-0.4, -0.2) is 97.5 Å². The van der Waals surface area contributed by atoms with E-state index in [9.17, 15) is 69.3 Å². The van der Waals surface area contributed by atoms with Crippen LogP contribution in [0.3, 0.4) is 0 Å². The second-order valence-corrected chi connectivity index (χ2v) is 15.3. The van der Waals surface area contributed by atoms with Crippen molar-refractivity contribution in [2.45, 2.75) is 77.6 Å². The molecule has 20 heteroatoms. The Kier molecular flexibility index (Phi) is 13.6. The quantitative estimate of drug-likeness (QED) is 0.0674. The number of rotatable bonds is 18. The second kappa shape index (κ2) is 18.2. The Morgan fingerprint density at radius 3 is 1.44 bits per heavy atom. The number of nitrogens with one attached hydrogen (secondary N) is 2. The van der Waals surface area contributed by atoms with Crippen molar-refractivity contribution in [2.24, 2.45) is 0 Å². The molecule has 2 aliphatic rings. The zero-order chi connectivity index (χ0) is 43.5. The van der Waals surface area contributed by atoms with Gasteiger partial charge in [-0.05, 0) is 121 Å². The fourth-order valence-electron chi connectivity index (χ4n) is 7.24. The summed E-state index contributed by atoms with van der Waals surface area (Å²) in [4.78, 5) is 100. The number of aromatic amines is 2. The van der Waals surface area contributed by atoms with Gasteiger partial charge in [-0.1, -0.05) is 0 Å². The lowest BCUT2D eigenvalue weighted by molar-refractivity contribution is -0.138. The molecule has 2 aliphatic heterocycles. The third kappa shape index (κ3) is 9.94. The Hall–Kier alpha value is -6.15. The van der Waals surface area contributed by atoms with Crippen LogP contribution in [0.1, 0.15) is 96.4 Å². The lowest BCUT2D eigenvalue weighted by Crippen LogP contribution is -2.04. The van der Waals surface area contributed by atoms with Crippen molar-refractivity contribution in [1.82, 2.24) is 19.9 Å². The molecule has 310 valence electrons. The number of H-pyrrole nitrogens is 2. The number of carboxylic acids is 7. The molecular formula is C39H36Br2N4O14. The van der Waals surface area contributed by atoms with Crippen LogP contribution in [0, 0.1) is 6.92 Å². The highest BCUT2D eigenvalue weighted by atomic mass is 79.9. The van der Waals surface area contributed by atoms with Crippen LogP contribution in [0.15, 0.2) is 21.1 Å². The Morgan fingerprint density at radius 1 is 0.492 bits per heavy atom. The number of carboxylic acid groups (broad SMARTS) is 7. The number of carbonyl (C=O) groups is 7. The van der Waals surface area contributed by atoms with Crippen LogP contribution >= 0.6 is 31.9 Å². The maximum atomic E-state index is 12.4. The number of hydrogen-bond acceptors (Lipinski definition) is 9. The number of hydrogen-bond donors (Lipinski definition) is 9. The molecule has 0 aliphatic carbocycles.